The summed E-state index contributed by atoms with van der Waals surface area (Å²) in [6, 6.07) is 10.5. The Morgan fingerprint density at radius 1 is 1.14 bits per heavy atom. The van der Waals surface area contributed by atoms with Crippen LogP contribution in [0.25, 0.3) is 0 Å². The van der Waals surface area contributed by atoms with E-state index in [1.165, 1.54) is 5.69 Å². The highest BCUT2D eigenvalue weighted by molar-refractivity contribution is 6.68. The summed E-state index contributed by atoms with van der Waals surface area (Å²) < 4.78 is 12.1. The molecule has 1 aromatic rings. The summed E-state index contributed by atoms with van der Waals surface area (Å²) in [4.78, 5) is 2.41. The van der Waals surface area contributed by atoms with Crippen molar-refractivity contribution in [3.05, 3.63) is 30.3 Å². The van der Waals surface area contributed by atoms with E-state index in [0.29, 0.717) is 0 Å². The molecule has 1 unspecified atom stereocenters. The summed E-state index contributed by atoms with van der Waals surface area (Å²) in [5.74, 6) is 0. The van der Waals surface area contributed by atoms with E-state index in [1.807, 2.05) is 0 Å². The molecule has 0 bridgehead atoms. The number of hydrogen-bond acceptors (Lipinski definition) is 3. The first-order valence-corrected chi connectivity index (χ1v) is 13.3. The SMILES string of the molecule is CO[Si](C)(CN(c1ccccc1)C(C)(C)C)OC[SiH](C)C. The molecule has 1 atom stereocenters. The van der Waals surface area contributed by atoms with Crippen molar-refractivity contribution in [3.8, 4) is 0 Å². The maximum atomic E-state index is 6.22. The van der Waals surface area contributed by atoms with Crippen molar-refractivity contribution in [1.82, 2.24) is 0 Å². The maximum absolute atomic E-state index is 6.22. The van der Waals surface area contributed by atoms with Gasteiger partial charge in [-0.3, -0.25) is 0 Å². The molecule has 5 heteroatoms. The summed E-state index contributed by atoms with van der Waals surface area (Å²) in [5, 5.41) is 0. The Labute approximate surface area is 133 Å². The molecule has 0 aliphatic heterocycles. The Hall–Kier alpha value is -0.626. The van der Waals surface area contributed by atoms with Crippen molar-refractivity contribution in [2.75, 3.05) is 24.4 Å². The third kappa shape index (κ3) is 5.94. The average molecular weight is 326 g/mol. The van der Waals surface area contributed by atoms with Crippen LogP contribution in [-0.2, 0) is 8.85 Å². The van der Waals surface area contributed by atoms with Crippen LogP contribution in [0, 0.1) is 0 Å². The summed E-state index contributed by atoms with van der Waals surface area (Å²) in [6.07, 6.45) is 1.74. The average Bonchev–Trinajstić information content (AvgIpc) is 2.42. The highest BCUT2D eigenvalue weighted by Gasteiger charge is 2.37. The molecule has 0 fully saturated rings. The Morgan fingerprint density at radius 3 is 2.14 bits per heavy atom. The normalized spacial score (nSPS) is 15.0. The highest BCUT2D eigenvalue weighted by Crippen LogP contribution is 2.26. The van der Waals surface area contributed by atoms with E-state index in [4.69, 9.17) is 8.85 Å². The van der Waals surface area contributed by atoms with Gasteiger partial charge in [-0.2, -0.15) is 0 Å². The number of rotatable bonds is 7. The molecule has 120 valence electrons. The Balaban J connectivity index is 2.95. The molecule has 3 nitrogen and oxygen atoms in total. The standard InChI is InChI=1S/C16H31NO2Si2/c1-16(2,3)17(15-11-9-8-10-12-15)13-21(7,18-4)19-14-20(5)6/h8-12,20H,13-14H2,1-7H3. The minimum Gasteiger partial charge on any atom is -0.397 e. The maximum Gasteiger partial charge on any atom is 0.354 e. The minimum atomic E-state index is -2.18. The van der Waals surface area contributed by atoms with Crippen LogP contribution < -0.4 is 4.90 Å². The van der Waals surface area contributed by atoms with E-state index in [9.17, 15) is 0 Å². The lowest BCUT2D eigenvalue weighted by atomic mass is 10.1. The lowest BCUT2D eigenvalue weighted by molar-refractivity contribution is 0.233. The topological polar surface area (TPSA) is 21.7 Å². The fourth-order valence-corrected chi connectivity index (χ4v) is 6.44. The van der Waals surface area contributed by atoms with E-state index in [0.717, 1.165) is 12.4 Å². The molecule has 21 heavy (non-hydrogen) atoms. The molecule has 0 N–H and O–H groups in total. The van der Waals surface area contributed by atoms with Gasteiger partial charge in [0.2, 0.25) is 0 Å². The lowest BCUT2D eigenvalue weighted by Crippen LogP contribution is -2.56. The van der Waals surface area contributed by atoms with Gasteiger partial charge in [0.1, 0.15) is 0 Å². The van der Waals surface area contributed by atoms with Crippen LogP contribution in [0.15, 0.2) is 30.3 Å². The zero-order valence-electron chi connectivity index (χ0n) is 14.6. The largest absolute Gasteiger partial charge is 0.397 e. The second-order valence-corrected chi connectivity index (χ2v) is 13.5. The number of nitrogens with zero attached hydrogens (tertiary/aromatic N) is 1. The molecule has 0 amide bonds. The molecule has 0 heterocycles. The first-order valence-electron chi connectivity index (χ1n) is 7.70. The monoisotopic (exact) mass is 325 g/mol. The van der Waals surface area contributed by atoms with Crippen LogP contribution in [0.5, 0.6) is 0 Å². The van der Waals surface area contributed by atoms with Gasteiger partial charge in [-0.05, 0) is 39.5 Å². The summed E-state index contributed by atoms with van der Waals surface area (Å²) in [7, 11) is -1.12. The van der Waals surface area contributed by atoms with Crippen LogP contribution in [-0.4, -0.2) is 42.4 Å². The van der Waals surface area contributed by atoms with E-state index < -0.39 is 17.4 Å². The fourth-order valence-electron chi connectivity index (χ4n) is 2.12. The van der Waals surface area contributed by atoms with Crippen LogP contribution in [0.3, 0.4) is 0 Å². The van der Waals surface area contributed by atoms with Gasteiger partial charge in [0.15, 0.2) is 0 Å². The predicted molar refractivity (Wildman–Crippen MR) is 97.0 cm³/mol. The van der Waals surface area contributed by atoms with Crippen LogP contribution in [0.1, 0.15) is 20.8 Å². The van der Waals surface area contributed by atoms with Crippen molar-refractivity contribution in [1.29, 1.82) is 0 Å². The van der Waals surface area contributed by atoms with Crippen molar-refractivity contribution < 1.29 is 8.85 Å². The minimum absolute atomic E-state index is 0.0345. The van der Waals surface area contributed by atoms with Gasteiger partial charge in [-0.15, -0.1) is 0 Å². The summed E-state index contributed by atoms with van der Waals surface area (Å²) in [5.41, 5.74) is 1.26. The smallest absolute Gasteiger partial charge is 0.354 e. The van der Waals surface area contributed by atoms with E-state index >= 15 is 0 Å². The quantitative estimate of drug-likeness (QED) is 0.715. The number of benzene rings is 1. The molecule has 0 saturated heterocycles. The van der Waals surface area contributed by atoms with Gasteiger partial charge in [-0.1, -0.05) is 31.3 Å². The van der Waals surface area contributed by atoms with E-state index in [1.54, 1.807) is 7.11 Å². The Kier molecular flexibility index (Phi) is 6.65. The zero-order chi connectivity index (χ0) is 16.1. The third-order valence-corrected chi connectivity index (χ3v) is 7.17. The van der Waals surface area contributed by atoms with Gasteiger partial charge in [0.25, 0.3) is 0 Å². The second-order valence-electron chi connectivity index (χ2n) is 7.14. The molecule has 1 aromatic carbocycles. The second kappa shape index (κ2) is 7.58. The van der Waals surface area contributed by atoms with Gasteiger partial charge >= 0.3 is 8.56 Å². The van der Waals surface area contributed by atoms with E-state index in [2.05, 4.69) is 75.6 Å². The van der Waals surface area contributed by atoms with Crippen molar-refractivity contribution in [2.45, 2.75) is 46.0 Å². The van der Waals surface area contributed by atoms with Gasteiger partial charge in [-0.25, -0.2) is 0 Å². The zero-order valence-corrected chi connectivity index (χ0v) is 16.8. The highest BCUT2D eigenvalue weighted by atomic mass is 28.4. The first-order chi connectivity index (χ1) is 9.68. The lowest BCUT2D eigenvalue weighted by Gasteiger charge is -2.42. The number of anilines is 1. The Bertz CT molecular complexity index is 420. The molecular weight excluding hydrogens is 294 g/mol. The van der Waals surface area contributed by atoms with Gasteiger partial charge in [0.05, 0.1) is 15.0 Å². The molecule has 0 spiro atoms. The number of hydrogen-bond donors (Lipinski definition) is 0. The molecule has 0 aromatic heterocycles. The third-order valence-electron chi connectivity index (χ3n) is 3.48. The number of para-hydroxylation sites is 1. The molecule has 0 aliphatic carbocycles. The van der Waals surface area contributed by atoms with Crippen LogP contribution in [0.4, 0.5) is 5.69 Å². The predicted octanol–water partition coefficient (Wildman–Crippen LogP) is 3.59. The van der Waals surface area contributed by atoms with Crippen molar-refractivity contribution >= 4 is 23.0 Å². The molecule has 1 rings (SSSR count). The van der Waals surface area contributed by atoms with Gasteiger partial charge in [0, 0.05) is 24.6 Å². The van der Waals surface area contributed by atoms with Crippen LogP contribution >= 0.6 is 0 Å². The van der Waals surface area contributed by atoms with Crippen LogP contribution in [0.2, 0.25) is 19.6 Å². The molecule has 0 aliphatic rings. The molecule has 0 radical (unpaired) electrons. The Morgan fingerprint density at radius 2 is 1.71 bits per heavy atom. The summed E-state index contributed by atoms with van der Waals surface area (Å²) in [6.45, 7) is 13.5. The van der Waals surface area contributed by atoms with Gasteiger partial charge < -0.3 is 13.8 Å². The first kappa shape index (κ1) is 18.4. The summed E-state index contributed by atoms with van der Waals surface area (Å²) >= 11 is 0. The molecular formula is C16H31NO2Si2. The van der Waals surface area contributed by atoms with Crippen molar-refractivity contribution in [3.63, 3.8) is 0 Å². The van der Waals surface area contributed by atoms with Crippen molar-refractivity contribution in [2.24, 2.45) is 0 Å². The fraction of sp³-hybridized carbons (Fsp3) is 0.625. The van der Waals surface area contributed by atoms with E-state index in [-0.39, 0.29) is 5.54 Å². The molecule has 0 saturated carbocycles.